The number of aliphatic carboxylic acids is 1. The molecule has 0 saturated heterocycles. The zero-order valence-electron chi connectivity index (χ0n) is 12.7. The van der Waals surface area contributed by atoms with Gasteiger partial charge in [-0.3, -0.25) is 10.1 Å². The van der Waals surface area contributed by atoms with Crippen molar-refractivity contribution in [2.75, 3.05) is 33.3 Å². The van der Waals surface area contributed by atoms with Crippen LogP contribution in [-0.4, -0.2) is 49.3 Å². The van der Waals surface area contributed by atoms with E-state index in [1.165, 1.54) is 19.2 Å². The molecule has 5 nitrogen and oxygen atoms in total. The molecule has 0 heterocycles. The Labute approximate surface area is 124 Å². The van der Waals surface area contributed by atoms with Crippen molar-refractivity contribution >= 4 is 5.97 Å². The molecule has 0 aliphatic rings. The topological polar surface area (TPSA) is 61.8 Å². The minimum atomic E-state index is -1.03. The molecule has 21 heavy (non-hydrogen) atoms. The number of hydrogen-bond acceptors (Lipinski definition) is 4. The molecule has 0 spiro atoms. The number of hydrogen-bond donors (Lipinski definition) is 2. The van der Waals surface area contributed by atoms with E-state index in [9.17, 15) is 14.3 Å². The first-order chi connectivity index (χ1) is 10.0. The van der Waals surface area contributed by atoms with Crippen molar-refractivity contribution in [3.05, 3.63) is 29.6 Å². The molecular weight excluding hydrogens is 275 g/mol. The predicted octanol–water partition coefficient (Wildman–Crippen LogP) is 1.89. The summed E-state index contributed by atoms with van der Waals surface area (Å²) in [4.78, 5) is 13.5. The van der Waals surface area contributed by atoms with E-state index in [1.807, 2.05) is 0 Å². The fourth-order valence-electron chi connectivity index (χ4n) is 2.12. The number of rotatable bonds is 9. The van der Waals surface area contributed by atoms with Crippen LogP contribution in [-0.2, 0) is 4.79 Å². The second kappa shape index (κ2) is 8.59. The lowest BCUT2D eigenvalue weighted by atomic mass is 10.1. The second-order valence-corrected chi connectivity index (χ2v) is 4.65. The number of halogens is 1. The van der Waals surface area contributed by atoms with Gasteiger partial charge in [0.05, 0.1) is 7.11 Å². The number of nitrogens with zero attached hydrogens (tertiary/aromatic N) is 1. The maximum atomic E-state index is 13.7. The monoisotopic (exact) mass is 298 g/mol. The first kappa shape index (κ1) is 17.4. The Hall–Kier alpha value is -1.66. The van der Waals surface area contributed by atoms with E-state index in [4.69, 9.17) is 4.74 Å². The minimum Gasteiger partial charge on any atom is -0.494 e. The average molecular weight is 298 g/mol. The largest absolute Gasteiger partial charge is 0.494 e. The lowest BCUT2D eigenvalue weighted by molar-refractivity contribution is -0.139. The first-order valence-electron chi connectivity index (χ1n) is 7.05. The van der Waals surface area contributed by atoms with Gasteiger partial charge in [0, 0.05) is 13.1 Å². The Kier molecular flexibility index (Phi) is 7.11. The Bertz CT molecular complexity index is 464. The van der Waals surface area contributed by atoms with E-state index >= 15 is 0 Å². The van der Waals surface area contributed by atoms with Gasteiger partial charge < -0.3 is 14.7 Å². The van der Waals surface area contributed by atoms with Gasteiger partial charge in [-0.15, -0.1) is 0 Å². The van der Waals surface area contributed by atoms with Gasteiger partial charge in [0.15, 0.2) is 11.6 Å². The quantitative estimate of drug-likeness (QED) is 0.729. The number of carboxylic acids is 1. The molecule has 1 atom stereocenters. The average Bonchev–Trinajstić information content (AvgIpc) is 2.47. The Balaban J connectivity index is 2.73. The van der Waals surface area contributed by atoms with Crippen LogP contribution in [0.4, 0.5) is 4.39 Å². The van der Waals surface area contributed by atoms with Crippen LogP contribution in [0.5, 0.6) is 5.75 Å². The van der Waals surface area contributed by atoms with Crippen LogP contribution in [0, 0.1) is 5.82 Å². The van der Waals surface area contributed by atoms with Gasteiger partial charge in [-0.25, -0.2) is 4.39 Å². The number of methoxy groups -OCH3 is 1. The van der Waals surface area contributed by atoms with E-state index < -0.39 is 17.8 Å². The Morgan fingerprint density at radius 2 is 2.10 bits per heavy atom. The van der Waals surface area contributed by atoms with E-state index in [0.717, 1.165) is 19.6 Å². The number of ether oxygens (including phenoxy) is 1. The maximum Gasteiger partial charge on any atom is 0.325 e. The lowest BCUT2D eigenvalue weighted by Crippen LogP contribution is -2.36. The van der Waals surface area contributed by atoms with Gasteiger partial charge in [0.25, 0.3) is 0 Å². The highest BCUT2D eigenvalue weighted by molar-refractivity contribution is 5.75. The normalized spacial score (nSPS) is 12.4. The SMILES string of the molecule is CCN(CC)CCNC(C(=O)O)c1ccc(OC)c(F)c1. The summed E-state index contributed by atoms with van der Waals surface area (Å²) in [6.07, 6.45) is 0. The van der Waals surface area contributed by atoms with Crippen molar-refractivity contribution in [2.24, 2.45) is 0 Å². The third kappa shape index (κ3) is 4.99. The highest BCUT2D eigenvalue weighted by atomic mass is 19.1. The molecule has 0 saturated carbocycles. The van der Waals surface area contributed by atoms with Crippen LogP contribution in [0.15, 0.2) is 18.2 Å². The maximum absolute atomic E-state index is 13.7. The van der Waals surface area contributed by atoms with Crippen LogP contribution in [0.25, 0.3) is 0 Å². The van der Waals surface area contributed by atoms with Gasteiger partial charge in [0.2, 0.25) is 0 Å². The van der Waals surface area contributed by atoms with Crippen LogP contribution < -0.4 is 10.1 Å². The summed E-state index contributed by atoms with van der Waals surface area (Å²) in [7, 11) is 1.37. The molecule has 0 amide bonds. The van der Waals surface area contributed by atoms with Gasteiger partial charge in [-0.05, 0) is 30.8 Å². The van der Waals surface area contributed by atoms with Crippen molar-refractivity contribution < 1.29 is 19.0 Å². The van der Waals surface area contributed by atoms with E-state index in [2.05, 4.69) is 24.1 Å². The minimum absolute atomic E-state index is 0.103. The number of carbonyl (C=O) groups is 1. The fourth-order valence-corrected chi connectivity index (χ4v) is 2.12. The number of likely N-dealkylation sites (N-methyl/N-ethyl adjacent to an activating group) is 1. The summed E-state index contributed by atoms with van der Waals surface area (Å²) in [5.74, 6) is -1.49. The van der Waals surface area contributed by atoms with Crippen LogP contribution in [0.1, 0.15) is 25.5 Å². The van der Waals surface area contributed by atoms with Crippen molar-refractivity contribution in [2.45, 2.75) is 19.9 Å². The molecule has 1 rings (SSSR count). The summed E-state index contributed by atoms with van der Waals surface area (Å²) < 4.78 is 18.5. The number of carboxylic acid groups (broad SMARTS) is 1. The van der Waals surface area contributed by atoms with Crippen LogP contribution in [0.3, 0.4) is 0 Å². The molecule has 118 valence electrons. The smallest absolute Gasteiger partial charge is 0.325 e. The zero-order chi connectivity index (χ0) is 15.8. The summed E-state index contributed by atoms with van der Waals surface area (Å²) >= 11 is 0. The van der Waals surface area contributed by atoms with Crippen molar-refractivity contribution in [3.63, 3.8) is 0 Å². The molecule has 0 aliphatic carbocycles. The fraction of sp³-hybridized carbons (Fsp3) is 0.533. The second-order valence-electron chi connectivity index (χ2n) is 4.65. The molecule has 2 N–H and O–H groups in total. The highest BCUT2D eigenvalue weighted by Gasteiger charge is 2.20. The number of benzene rings is 1. The summed E-state index contributed by atoms with van der Waals surface area (Å²) in [6.45, 7) is 7.19. The van der Waals surface area contributed by atoms with Gasteiger partial charge in [-0.2, -0.15) is 0 Å². The highest BCUT2D eigenvalue weighted by Crippen LogP contribution is 2.22. The molecule has 0 aliphatic heterocycles. The van der Waals surface area contributed by atoms with Crippen molar-refractivity contribution in [3.8, 4) is 5.75 Å². The third-order valence-corrected chi connectivity index (χ3v) is 3.43. The first-order valence-corrected chi connectivity index (χ1v) is 7.05. The summed E-state index contributed by atoms with van der Waals surface area (Å²) in [6, 6.07) is 3.26. The van der Waals surface area contributed by atoms with E-state index in [1.54, 1.807) is 6.07 Å². The molecular formula is C15H23FN2O3. The molecule has 1 unspecified atom stereocenters. The Morgan fingerprint density at radius 1 is 1.43 bits per heavy atom. The molecule has 1 aromatic carbocycles. The van der Waals surface area contributed by atoms with Crippen molar-refractivity contribution in [1.82, 2.24) is 10.2 Å². The van der Waals surface area contributed by atoms with Gasteiger partial charge in [0.1, 0.15) is 6.04 Å². The van der Waals surface area contributed by atoms with E-state index in [-0.39, 0.29) is 5.75 Å². The molecule has 0 bridgehead atoms. The molecule has 1 aromatic rings. The summed E-state index contributed by atoms with van der Waals surface area (Å²) in [5, 5.41) is 12.2. The van der Waals surface area contributed by atoms with Gasteiger partial charge >= 0.3 is 5.97 Å². The predicted molar refractivity (Wildman–Crippen MR) is 79.1 cm³/mol. The van der Waals surface area contributed by atoms with Crippen LogP contribution >= 0.6 is 0 Å². The van der Waals surface area contributed by atoms with Crippen molar-refractivity contribution in [1.29, 1.82) is 0 Å². The van der Waals surface area contributed by atoms with E-state index in [0.29, 0.717) is 12.1 Å². The molecule has 0 aromatic heterocycles. The third-order valence-electron chi connectivity index (χ3n) is 3.43. The Morgan fingerprint density at radius 3 is 2.57 bits per heavy atom. The molecule has 0 radical (unpaired) electrons. The molecule has 0 fully saturated rings. The standard InChI is InChI=1S/C15H23FN2O3/c1-4-18(5-2)9-8-17-14(15(19)20)11-6-7-13(21-3)12(16)10-11/h6-7,10,14,17H,4-5,8-9H2,1-3H3,(H,19,20). The zero-order valence-corrected chi connectivity index (χ0v) is 12.7. The van der Waals surface area contributed by atoms with Crippen LogP contribution in [0.2, 0.25) is 0 Å². The number of nitrogens with one attached hydrogen (secondary N) is 1. The van der Waals surface area contributed by atoms with Gasteiger partial charge in [-0.1, -0.05) is 19.9 Å². The lowest BCUT2D eigenvalue weighted by Gasteiger charge is -2.21. The molecule has 6 heteroatoms. The summed E-state index contributed by atoms with van der Waals surface area (Å²) in [5.41, 5.74) is 0.375.